The van der Waals surface area contributed by atoms with Crippen LogP contribution >= 0.6 is 0 Å². The zero-order chi connectivity index (χ0) is 20.8. The molecule has 1 aromatic rings. The molecule has 0 spiro atoms. The molecule has 158 valence electrons. The van der Waals surface area contributed by atoms with Crippen LogP contribution in [-0.2, 0) is 9.16 Å². The number of benzene rings is 1. The van der Waals surface area contributed by atoms with Crippen molar-refractivity contribution in [3.05, 3.63) is 35.9 Å². The van der Waals surface area contributed by atoms with E-state index in [1.807, 2.05) is 30.3 Å². The van der Waals surface area contributed by atoms with Gasteiger partial charge in [-0.05, 0) is 51.0 Å². The van der Waals surface area contributed by atoms with E-state index in [0.29, 0.717) is 11.5 Å². The highest BCUT2D eigenvalue weighted by molar-refractivity contribution is 6.76. The second-order valence-electron chi connectivity index (χ2n) is 10.5. The van der Waals surface area contributed by atoms with E-state index in [1.165, 1.54) is 25.3 Å². The zero-order valence-corrected chi connectivity index (χ0v) is 20.8. The molecule has 0 aromatic heterocycles. The molecule has 0 saturated heterocycles. The Hall–Kier alpha value is -0.916. The molecule has 1 fully saturated rings. The fourth-order valence-corrected chi connectivity index (χ4v) is 6.79. The summed E-state index contributed by atoms with van der Waals surface area (Å²) < 4.78 is 13.1. The van der Waals surface area contributed by atoms with E-state index in [9.17, 15) is 4.79 Å². The van der Waals surface area contributed by atoms with Gasteiger partial charge < -0.3 is 9.16 Å². The van der Waals surface area contributed by atoms with Crippen LogP contribution in [0, 0.1) is 5.92 Å². The van der Waals surface area contributed by atoms with E-state index in [4.69, 9.17) is 9.16 Å². The van der Waals surface area contributed by atoms with Crippen molar-refractivity contribution in [2.75, 3.05) is 0 Å². The molecule has 2 rings (SSSR count). The molecule has 28 heavy (non-hydrogen) atoms. The summed E-state index contributed by atoms with van der Waals surface area (Å²) in [4.78, 5) is 13.1. The van der Waals surface area contributed by atoms with Crippen molar-refractivity contribution in [2.24, 2.45) is 5.92 Å². The van der Waals surface area contributed by atoms with Gasteiger partial charge in [0.15, 0.2) is 8.32 Å². The fraction of sp³-hybridized carbons (Fsp3) is 0.696. The van der Waals surface area contributed by atoms with Gasteiger partial charge in [-0.2, -0.15) is 0 Å². The van der Waals surface area contributed by atoms with Gasteiger partial charge in [0.25, 0.3) is 0 Å². The van der Waals surface area contributed by atoms with Crippen LogP contribution < -0.4 is 0 Å². The van der Waals surface area contributed by atoms with E-state index < -0.39 is 22.2 Å². The van der Waals surface area contributed by atoms with Gasteiger partial charge in [-0.25, -0.2) is 4.79 Å². The third kappa shape index (κ3) is 7.49. The van der Waals surface area contributed by atoms with Crippen molar-refractivity contribution in [1.29, 1.82) is 0 Å². The summed E-state index contributed by atoms with van der Waals surface area (Å²) in [6.07, 6.45) is 7.78. The van der Waals surface area contributed by atoms with Gasteiger partial charge in [-0.3, -0.25) is 0 Å². The van der Waals surface area contributed by atoms with Gasteiger partial charge in [0, 0.05) is 20.4 Å². The Morgan fingerprint density at radius 2 is 1.61 bits per heavy atom. The molecule has 1 unspecified atom stereocenters. The second-order valence-corrected chi connectivity index (χ2v) is 20.6. The topological polar surface area (TPSA) is 35.5 Å². The molecule has 0 amide bonds. The van der Waals surface area contributed by atoms with Gasteiger partial charge in [0.2, 0.25) is 5.79 Å². The first-order valence-corrected chi connectivity index (χ1v) is 18.1. The Labute approximate surface area is 174 Å². The maximum atomic E-state index is 13.1. The van der Waals surface area contributed by atoms with Crippen LogP contribution in [0.1, 0.15) is 55.3 Å². The molecule has 0 aliphatic heterocycles. The molecular formula is C23H40O3Si2. The van der Waals surface area contributed by atoms with E-state index in [2.05, 4.69) is 39.3 Å². The minimum absolute atomic E-state index is 0.238. The van der Waals surface area contributed by atoms with E-state index in [0.717, 1.165) is 25.7 Å². The highest BCUT2D eigenvalue weighted by atomic mass is 28.4. The summed E-state index contributed by atoms with van der Waals surface area (Å²) >= 11 is 0. The van der Waals surface area contributed by atoms with Crippen molar-refractivity contribution < 1.29 is 14.0 Å². The number of rotatable bonds is 9. The van der Waals surface area contributed by atoms with Crippen LogP contribution in [-0.4, -0.2) is 28.1 Å². The lowest BCUT2D eigenvalue weighted by Gasteiger charge is -2.45. The van der Waals surface area contributed by atoms with E-state index in [-0.39, 0.29) is 5.97 Å². The molecular weight excluding hydrogens is 380 g/mol. The minimum atomic E-state index is -1.91. The second kappa shape index (κ2) is 9.72. The lowest BCUT2D eigenvalue weighted by atomic mass is 9.81. The van der Waals surface area contributed by atoms with Gasteiger partial charge in [0.1, 0.15) is 0 Å². The maximum absolute atomic E-state index is 13.1. The quantitative estimate of drug-likeness (QED) is 0.243. The Balaban J connectivity index is 2.31. The fourth-order valence-electron chi connectivity index (χ4n) is 4.21. The number of hydrogen-bond acceptors (Lipinski definition) is 3. The average Bonchev–Trinajstić information content (AvgIpc) is 2.60. The predicted octanol–water partition coefficient (Wildman–Crippen LogP) is 7.09. The molecule has 1 aliphatic rings. The predicted molar refractivity (Wildman–Crippen MR) is 123 cm³/mol. The molecule has 5 heteroatoms. The SMILES string of the molecule is C[Si](C)(C)CCCC(OC(=O)c1ccccc1)(O[Si](C)(C)C)C1CCCCC1. The van der Waals surface area contributed by atoms with Crippen LogP contribution in [0.25, 0.3) is 0 Å². The Morgan fingerprint density at radius 3 is 2.14 bits per heavy atom. The summed E-state index contributed by atoms with van der Waals surface area (Å²) in [6, 6.07) is 10.6. The van der Waals surface area contributed by atoms with E-state index >= 15 is 0 Å². The lowest BCUT2D eigenvalue weighted by molar-refractivity contribution is -0.198. The number of esters is 1. The van der Waals surface area contributed by atoms with E-state index in [1.54, 1.807) is 0 Å². The monoisotopic (exact) mass is 420 g/mol. The molecule has 1 aliphatic carbocycles. The highest BCUT2D eigenvalue weighted by Crippen LogP contribution is 2.42. The summed E-state index contributed by atoms with van der Waals surface area (Å²) in [5, 5.41) is 0. The Morgan fingerprint density at radius 1 is 1.00 bits per heavy atom. The summed E-state index contributed by atoms with van der Waals surface area (Å²) in [5.41, 5.74) is 0.618. The summed E-state index contributed by atoms with van der Waals surface area (Å²) in [7, 11) is -3.06. The van der Waals surface area contributed by atoms with Crippen LogP contribution in [0.2, 0.25) is 45.3 Å². The first-order chi connectivity index (χ1) is 13.0. The lowest BCUT2D eigenvalue weighted by Crippen LogP contribution is -2.52. The van der Waals surface area contributed by atoms with Crippen LogP contribution in [0.15, 0.2) is 30.3 Å². The zero-order valence-electron chi connectivity index (χ0n) is 18.8. The number of ether oxygens (including phenoxy) is 1. The van der Waals surface area contributed by atoms with Gasteiger partial charge in [-0.1, -0.05) is 63.1 Å². The molecule has 0 N–H and O–H groups in total. The largest absolute Gasteiger partial charge is 0.430 e. The highest BCUT2D eigenvalue weighted by Gasteiger charge is 2.46. The molecule has 1 atom stereocenters. The maximum Gasteiger partial charge on any atom is 0.340 e. The van der Waals surface area contributed by atoms with Crippen molar-refractivity contribution in [1.82, 2.24) is 0 Å². The molecule has 0 radical (unpaired) electrons. The number of carbonyl (C=O) groups excluding carboxylic acids is 1. The van der Waals surface area contributed by atoms with Crippen LogP contribution in [0.5, 0.6) is 0 Å². The molecule has 1 aromatic carbocycles. The standard InChI is InChI=1S/C23H40O3Si2/c1-27(2,3)19-13-18-23(26-28(4,5)6,21-16-11-8-12-17-21)25-22(24)20-14-9-7-10-15-20/h7,9-10,14-15,21H,8,11-13,16-19H2,1-6H3. The molecule has 3 nitrogen and oxygen atoms in total. The third-order valence-corrected chi connectivity index (χ3v) is 8.24. The van der Waals surface area contributed by atoms with Crippen molar-refractivity contribution >= 4 is 22.4 Å². The number of carbonyl (C=O) groups is 1. The Kier molecular flexibility index (Phi) is 8.11. The minimum Gasteiger partial charge on any atom is -0.430 e. The Bertz CT molecular complexity index is 613. The van der Waals surface area contributed by atoms with Crippen molar-refractivity contribution in [2.45, 2.75) is 96.1 Å². The molecule has 1 saturated carbocycles. The third-order valence-electron chi connectivity index (χ3n) is 5.43. The van der Waals surface area contributed by atoms with Crippen molar-refractivity contribution in [3.8, 4) is 0 Å². The van der Waals surface area contributed by atoms with Gasteiger partial charge in [-0.15, -0.1) is 0 Å². The van der Waals surface area contributed by atoms with Crippen LogP contribution in [0.4, 0.5) is 0 Å². The van der Waals surface area contributed by atoms with Crippen molar-refractivity contribution in [3.63, 3.8) is 0 Å². The summed E-state index contributed by atoms with van der Waals surface area (Å²) in [6.45, 7) is 13.8. The molecule has 0 bridgehead atoms. The van der Waals surface area contributed by atoms with Crippen LogP contribution in [0.3, 0.4) is 0 Å². The van der Waals surface area contributed by atoms with Gasteiger partial charge in [0.05, 0.1) is 5.56 Å². The van der Waals surface area contributed by atoms with Gasteiger partial charge >= 0.3 is 5.97 Å². The first kappa shape index (κ1) is 23.4. The average molecular weight is 421 g/mol. The smallest absolute Gasteiger partial charge is 0.340 e. The normalized spacial score (nSPS) is 18.5. The first-order valence-electron chi connectivity index (χ1n) is 11.0. The molecule has 0 heterocycles. The number of hydrogen-bond donors (Lipinski definition) is 0. The summed E-state index contributed by atoms with van der Waals surface area (Å²) in [5.74, 6) is -0.697.